The van der Waals surface area contributed by atoms with E-state index in [1.807, 2.05) is 0 Å². The number of hydrogen-bond acceptors (Lipinski definition) is 4. The van der Waals surface area contributed by atoms with Crippen molar-refractivity contribution >= 4 is 23.2 Å². The highest BCUT2D eigenvalue weighted by atomic mass is 35.5. The maximum atomic E-state index is 12.2. The zero-order chi connectivity index (χ0) is 14.7. The Bertz CT molecular complexity index is 536. The molecule has 2 atom stereocenters. The number of nitrogens with one attached hydrogen (secondary N) is 1. The van der Waals surface area contributed by atoms with Crippen molar-refractivity contribution in [2.24, 2.45) is 11.7 Å². The standard InChI is InChI=1S/C13H16ClN3O3/c14-10-5-2-4-9(12(10)17(19)20)13(18)16-11-6-1-3-8(11)7-15/h2,4-5,8,11H,1,3,6-7,15H2,(H,16,18). The van der Waals surface area contributed by atoms with Crippen LogP contribution in [-0.2, 0) is 0 Å². The summed E-state index contributed by atoms with van der Waals surface area (Å²) in [6.07, 6.45) is 2.82. The number of carbonyl (C=O) groups excluding carboxylic acids is 1. The van der Waals surface area contributed by atoms with Crippen LogP contribution in [0.15, 0.2) is 18.2 Å². The molecule has 3 N–H and O–H groups in total. The molecule has 6 nitrogen and oxygen atoms in total. The van der Waals surface area contributed by atoms with Crippen molar-refractivity contribution < 1.29 is 9.72 Å². The summed E-state index contributed by atoms with van der Waals surface area (Å²) in [5, 5.41) is 13.8. The normalized spacial score (nSPS) is 21.7. The van der Waals surface area contributed by atoms with Gasteiger partial charge in [0.2, 0.25) is 0 Å². The Hall–Kier alpha value is -1.66. The van der Waals surface area contributed by atoms with Gasteiger partial charge >= 0.3 is 5.69 Å². The van der Waals surface area contributed by atoms with Gasteiger partial charge in [-0.05, 0) is 37.4 Å². The van der Waals surface area contributed by atoms with Gasteiger partial charge in [-0.1, -0.05) is 24.1 Å². The number of hydrogen-bond donors (Lipinski definition) is 2. The fraction of sp³-hybridized carbons (Fsp3) is 0.462. The molecule has 0 spiro atoms. The molecule has 0 saturated heterocycles. The molecule has 20 heavy (non-hydrogen) atoms. The summed E-state index contributed by atoms with van der Waals surface area (Å²) >= 11 is 5.80. The highest BCUT2D eigenvalue weighted by Crippen LogP contribution is 2.29. The summed E-state index contributed by atoms with van der Waals surface area (Å²) in [4.78, 5) is 22.6. The summed E-state index contributed by atoms with van der Waals surface area (Å²) in [5.74, 6) is -0.234. The van der Waals surface area contributed by atoms with Crippen LogP contribution in [0.5, 0.6) is 0 Å². The summed E-state index contributed by atoms with van der Waals surface area (Å²) in [6, 6.07) is 4.31. The molecular weight excluding hydrogens is 282 g/mol. The number of para-hydroxylation sites is 1. The van der Waals surface area contributed by atoms with Crippen molar-refractivity contribution in [3.63, 3.8) is 0 Å². The van der Waals surface area contributed by atoms with Crippen LogP contribution < -0.4 is 11.1 Å². The smallest absolute Gasteiger partial charge is 0.300 e. The molecule has 1 aliphatic rings. The van der Waals surface area contributed by atoms with E-state index in [1.54, 1.807) is 0 Å². The van der Waals surface area contributed by atoms with E-state index >= 15 is 0 Å². The third kappa shape index (κ3) is 2.91. The van der Waals surface area contributed by atoms with E-state index < -0.39 is 10.8 Å². The van der Waals surface area contributed by atoms with E-state index in [4.69, 9.17) is 17.3 Å². The molecule has 1 saturated carbocycles. The van der Waals surface area contributed by atoms with Crippen LogP contribution in [0, 0.1) is 16.0 Å². The van der Waals surface area contributed by atoms with Crippen molar-refractivity contribution in [2.75, 3.05) is 6.54 Å². The predicted octanol–water partition coefficient (Wildman–Crippen LogP) is 2.11. The molecule has 0 aromatic heterocycles. The van der Waals surface area contributed by atoms with Crippen LogP contribution in [0.4, 0.5) is 5.69 Å². The van der Waals surface area contributed by atoms with Crippen molar-refractivity contribution in [3.8, 4) is 0 Å². The number of nitro benzene ring substituents is 1. The second-order valence-electron chi connectivity index (χ2n) is 4.90. The molecule has 1 fully saturated rings. The number of rotatable bonds is 4. The summed E-state index contributed by atoms with van der Waals surface area (Å²) < 4.78 is 0. The first-order chi connectivity index (χ1) is 9.54. The number of nitrogens with two attached hydrogens (primary N) is 1. The predicted molar refractivity (Wildman–Crippen MR) is 75.8 cm³/mol. The minimum Gasteiger partial charge on any atom is -0.349 e. The zero-order valence-electron chi connectivity index (χ0n) is 10.8. The molecule has 7 heteroatoms. The minimum absolute atomic E-state index is 0.00910. The second kappa shape index (κ2) is 6.19. The average molecular weight is 298 g/mol. The van der Waals surface area contributed by atoms with Crippen LogP contribution >= 0.6 is 11.6 Å². The first-order valence-corrected chi connectivity index (χ1v) is 6.86. The molecule has 1 aromatic carbocycles. The van der Waals surface area contributed by atoms with Gasteiger partial charge < -0.3 is 11.1 Å². The largest absolute Gasteiger partial charge is 0.349 e. The lowest BCUT2D eigenvalue weighted by Gasteiger charge is -2.19. The van der Waals surface area contributed by atoms with Gasteiger partial charge in [-0.25, -0.2) is 0 Å². The number of nitrogens with zero attached hydrogens (tertiary/aromatic N) is 1. The molecule has 1 aliphatic carbocycles. The zero-order valence-corrected chi connectivity index (χ0v) is 11.6. The lowest BCUT2D eigenvalue weighted by atomic mass is 10.0. The first kappa shape index (κ1) is 14.7. The van der Waals surface area contributed by atoms with E-state index in [0.29, 0.717) is 6.54 Å². The SMILES string of the molecule is NCC1CCCC1NC(=O)c1cccc(Cl)c1[N+](=O)[O-]. The second-order valence-corrected chi connectivity index (χ2v) is 5.31. The Balaban J connectivity index is 2.21. The molecule has 0 heterocycles. The Kier molecular flexibility index (Phi) is 4.57. The fourth-order valence-electron chi connectivity index (χ4n) is 2.64. The van der Waals surface area contributed by atoms with Gasteiger partial charge in [0.25, 0.3) is 5.91 Å². The highest BCUT2D eigenvalue weighted by molar-refractivity contribution is 6.33. The average Bonchev–Trinajstić information content (AvgIpc) is 2.85. The van der Waals surface area contributed by atoms with Crippen LogP contribution in [0.1, 0.15) is 29.6 Å². The highest BCUT2D eigenvalue weighted by Gasteiger charge is 2.30. The van der Waals surface area contributed by atoms with Gasteiger partial charge in [-0.3, -0.25) is 14.9 Å². The molecular formula is C13H16ClN3O3. The van der Waals surface area contributed by atoms with Crippen LogP contribution in [0.25, 0.3) is 0 Å². The maximum Gasteiger partial charge on any atom is 0.300 e. The minimum atomic E-state index is -0.633. The third-order valence-corrected chi connectivity index (χ3v) is 4.00. The van der Waals surface area contributed by atoms with Crippen molar-refractivity contribution in [1.29, 1.82) is 0 Å². The molecule has 1 amide bonds. The quantitative estimate of drug-likeness (QED) is 0.657. The summed E-state index contributed by atoms with van der Waals surface area (Å²) in [5.41, 5.74) is 5.30. The van der Waals surface area contributed by atoms with Gasteiger partial charge in [0, 0.05) is 6.04 Å². The number of halogens is 1. The monoisotopic (exact) mass is 297 g/mol. The number of benzene rings is 1. The number of amides is 1. The number of nitro groups is 1. The molecule has 0 bridgehead atoms. The van der Waals surface area contributed by atoms with Gasteiger partial charge in [0.15, 0.2) is 0 Å². The van der Waals surface area contributed by atoms with E-state index in [0.717, 1.165) is 19.3 Å². The van der Waals surface area contributed by atoms with Gasteiger partial charge in [-0.2, -0.15) is 0 Å². The molecule has 2 rings (SSSR count). The molecule has 1 aromatic rings. The molecule has 2 unspecified atom stereocenters. The Labute approximate surface area is 121 Å². The lowest BCUT2D eigenvalue weighted by Crippen LogP contribution is -2.40. The Morgan fingerprint density at radius 3 is 2.90 bits per heavy atom. The Morgan fingerprint density at radius 1 is 1.50 bits per heavy atom. The van der Waals surface area contributed by atoms with E-state index in [-0.39, 0.29) is 28.2 Å². The third-order valence-electron chi connectivity index (χ3n) is 3.69. The van der Waals surface area contributed by atoms with Gasteiger partial charge in [-0.15, -0.1) is 0 Å². The topological polar surface area (TPSA) is 98.3 Å². The summed E-state index contributed by atoms with van der Waals surface area (Å²) in [7, 11) is 0. The van der Waals surface area contributed by atoms with E-state index in [2.05, 4.69) is 5.32 Å². The van der Waals surface area contributed by atoms with Crippen molar-refractivity contribution in [3.05, 3.63) is 38.9 Å². The Morgan fingerprint density at radius 2 is 2.25 bits per heavy atom. The molecule has 0 aliphatic heterocycles. The van der Waals surface area contributed by atoms with Crippen LogP contribution in [0.2, 0.25) is 5.02 Å². The van der Waals surface area contributed by atoms with Crippen LogP contribution in [0.3, 0.4) is 0 Å². The van der Waals surface area contributed by atoms with Gasteiger partial charge in [0.1, 0.15) is 10.6 Å². The lowest BCUT2D eigenvalue weighted by molar-refractivity contribution is -0.385. The van der Waals surface area contributed by atoms with Crippen LogP contribution in [-0.4, -0.2) is 23.4 Å². The van der Waals surface area contributed by atoms with Gasteiger partial charge in [0.05, 0.1) is 4.92 Å². The number of carbonyl (C=O) groups is 1. The van der Waals surface area contributed by atoms with E-state index in [9.17, 15) is 14.9 Å². The molecule has 0 radical (unpaired) electrons. The first-order valence-electron chi connectivity index (χ1n) is 6.48. The molecule has 108 valence electrons. The van der Waals surface area contributed by atoms with Crippen molar-refractivity contribution in [1.82, 2.24) is 5.32 Å². The summed E-state index contributed by atoms with van der Waals surface area (Å²) in [6.45, 7) is 0.503. The fourth-order valence-corrected chi connectivity index (χ4v) is 2.88. The van der Waals surface area contributed by atoms with E-state index in [1.165, 1.54) is 18.2 Å². The maximum absolute atomic E-state index is 12.2. The van der Waals surface area contributed by atoms with Crippen molar-refractivity contribution in [2.45, 2.75) is 25.3 Å².